The molecule has 0 aromatic rings. The first-order valence-electron chi connectivity index (χ1n) is 4.36. The zero-order chi connectivity index (χ0) is 14.9. The van der Waals surface area contributed by atoms with E-state index in [1.165, 1.54) is 0 Å². The Labute approximate surface area is 119 Å². The first-order valence-corrected chi connectivity index (χ1v) is 4.36. The quantitative estimate of drug-likeness (QED) is 0.290. The van der Waals surface area contributed by atoms with Crippen molar-refractivity contribution in [2.45, 2.75) is 18.4 Å². The van der Waals surface area contributed by atoms with Crippen LogP contribution in [0.4, 0.5) is 0 Å². The Morgan fingerprint density at radius 1 is 0.842 bits per heavy atom. The van der Waals surface area contributed by atoms with Gasteiger partial charge in [-0.15, -0.1) is 0 Å². The molecule has 0 aromatic carbocycles. The van der Waals surface area contributed by atoms with Gasteiger partial charge in [0.25, 0.3) is 0 Å². The molecule has 0 bridgehead atoms. The van der Waals surface area contributed by atoms with Gasteiger partial charge in [0.15, 0.2) is 5.60 Å². The van der Waals surface area contributed by atoms with Crippen LogP contribution in [0.15, 0.2) is 0 Å². The zero-order valence-corrected chi connectivity index (χ0v) is 12.7. The van der Waals surface area contributed by atoms with Crippen LogP contribution < -0.4 is 5.73 Å². The molecule has 0 rings (SSSR count). The summed E-state index contributed by atoms with van der Waals surface area (Å²) in [7, 11) is 0. The largest absolute Gasteiger partial charge is 0.481 e. The minimum absolute atomic E-state index is 0. The van der Waals surface area contributed by atoms with Crippen LogP contribution in [0.25, 0.3) is 0 Å². The van der Waals surface area contributed by atoms with Crippen LogP contribution in [0.1, 0.15) is 12.8 Å². The predicted molar refractivity (Wildman–Crippen MR) is 53.8 cm³/mol. The fourth-order valence-corrected chi connectivity index (χ4v) is 0.714. The maximum Gasteiger partial charge on any atom is 0.336 e. The minimum atomic E-state index is -2.74. The summed E-state index contributed by atoms with van der Waals surface area (Å²) in [5.74, 6) is -5.99. The number of aliphatic hydroxyl groups is 1. The predicted octanol–water partition coefficient (Wildman–Crippen LogP) is -2.22. The fraction of sp³-hybridized carbons (Fsp3) is 0.500. The summed E-state index contributed by atoms with van der Waals surface area (Å²) >= 11 is 0. The molecular weight excluding hydrogens is 319 g/mol. The Kier molecular flexibility index (Phi) is 12.3. The van der Waals surface area contributed by atoms with Gasteiger partial charge in [-0.2, -0.15) is 0 Å². The van der Waals surface area contributed by atoms with E-state index in [0.29, 0.717) is 0 Å². The van der Waals surface area contributed by atoms with Crippen molar-refractivity contribution in [1.82, 2.24) is 0 Å². The van der Waals surface area contributed by atoms with Gasteiger partial charge in [0.05, 0.1) is 19.4 Å². The molecule has 0 atom stereocenters. The molecule has 0 aliphatic carbocycles. The van der Waals surface area contributed by atoms with Gasteiger partial charge in [-0.05, 0) is 0 Å². The van der Waals surface area contributed by atoms with Crippen LogP contribution >= 0.6 is 0 Å². The Morgan fingerprint density at radius 2 is 1.11 bits per heavy atom. The minimum Gasteiger partial charge on any atom is -0.481 e. The summed E-state index contributed by atoms with van der Waals surface area (Å²) in [4.78, 5) is 39.7. The van der Waals surface area contributed by atoms with Gasteiger partial charge in [0, 0.05) is 19.5 Å². The molecule has 0 saturated carbocycles. The molecule has 0 spiro atoms. The molecule has 0 saturated heterocycles. The van der Waals surface area contributed by atoms with Gasteiger partial charge in [0.1, 0.15) is 0 Å². The van der Waals surface area contributed by atoms with E-state index in [1.54, 1.807) is 0 Å². The fourth-order valence-electron chi connectivity index (χ4n) is 0.714. The number of hydrogen-bond acceptors (Lipinski definition) is 6. The second-order valence-electron chi connectivity index (χ2n) is 3.08. The molecule has 0 heterocycles. The first-order chi connectivity index (χ1) is 8.05. The topological polar surface area (TPSA) is 195 Å². The number of carboxylic acid groups (broad SMARTS) is 4. The van der Waals surface area contributed by atoms with Crippen molar-refractivity contribution in [1.29, 1.82) is 0 Å². The molecule has 0 aliphatic rings. The molecular formula is C8H13NO9Zn. The number of aliphatic carboxylic acids is 4. The van der Waals surface area contributed by atoms with Crippen molar-refractivity contribution in [3.8, 4) is 0 Å². The molecule has 0 aromatic heterocycles. The van der Waals surface area contributed by atoms with E-state index in [1.807, 2.05) is 0 Å². The average molecular weight is 333 g/mol. The van der Waals surface area contributed by atoms with Crippen LogP contribution in [0.5, 0.6) is 0 Å². The molecule has 106 valence electrons. The van der Waals surface area contributed by atoms with Gasteiger partial charge >= 0.3 is 23.9 Å². The third-order valence-electron chi connectivity index (χ3n) is 1.46. The molecule has 0 radical (unpaired) electrons. The standard InChI is InChI=1S/C6H8O7.C2H5NO2.Zn/c7-3(8)1-6(13,5(11)12)2-4(9)10;3-1-2(4)5;/h13H,1-2H2,(H,7,8)(H,9,10)(H,11,12);1,3H2,(H,4,5);. The smallest absolute Gasteiger partial charge is 0.336 e. The van der Waals surface area contributed by atoms with E-state index in [2.05, 4.69) is 5.73 Å². The molecule has 7 N–H and O–H groups in total. The zero-order valence-electron chi connectivity index (χ0n) is 9.77. The van der Waals surface area contributed by atoms with Crippen LogP contribution in [0.2, 0.25) is 0 Å². The van der Waals surface area contributed by atoms with E-state index < -0.39 is 42.3 Å². The Morgan fingerprint density at radius 3 is 1.21 bits per heavy atom. The number of carbonyl (C=O) groups is 4. The third-order valence-corrected chi connectivity index (χ3v) is 1.46. The Balaban J connectivity index is -0.000000366. The molecule has 0 amide bonds. The van der Waals surface area contributed by atoms with Crippen molar-refractivity contribution in [2.75, 3.05) is 6.54 Å². The van der Waals surface area contributed by atoms with Gasteiger partial charge in [0.2, 0.25) is 0 Å². The van der Waals surface area contributed by atoms with E-state index >= 15 is 0 Å². The number of nitrogens with two attached hydrogens (primary N) is 1. The van der Waals surface area contributed by atoms with E-state index in [-0.39, 0.29) is 26.0 Å². The van der Waals surface area contributed by atoms with Gasteiger partial charge in [-0.3, -0.25) is 14.4 Å². The van der Waals surface area contributed by atoms with Crippen LogP contribution in [-0.4, -0.2) is 61.6 Å². The van der Waals surface area contributed by atoms with Gasteiger partial charge in [-0.1, -0.05) is 0 Å². The van der Waals surface area contributed by atoms with Crippen molar-refractivity contribution < 1.29 is 64.2 Å². The number of carboxylic acids is 4. The second kappa shape index (κ2) is 10.4. The molecule has 0 aliphatic heterocycles. The monoisotopic (exact) mass is 331 g/mol. The summed E-state index contributed by atoms with van der Waals surface area (Å²) in [6, 6.07) is 0. The Hall–Kier alpha value is -1.58. The SMILES string of the molecule is NCC(=O)O.O=C(O)CC(O)(CC(=O)O)C(=O)O.[Zn]. The van der Waals surface area contributed by atoms with Crippen molar-refractivity contribution in [2.24, 2.45) is 5.73 Å². The molecule has 0 unspecified atom stereocenters. The molecule has 10 nitrogen and oxygen atoms in total. The van der Waals surface area contributed by atoms with Gasteiger partial charge < -0.3 is 31.3 Å². The molecule has 11 heteroatoms. The van der Waals surface area contributed by atoms with Crippen LogP contribution in [0.3, 0.4) is 0 Å². The first kappa shape index (κ1) is 22.6. The summed E-state index contributed by atoms with van der Waals surface area (Å²) in [6.07, 6.45) is -2.29. The van der Waals surface area contributed by atoms with Crippen molar-refractivity contribution >= 4 is 23.9 Å². The van der Waals surface area contributed by atoms with Crippen molar-refractivity contribution in [3.05, 3.63) is 0 Å². The average Bonchev–Trinajstić information content (AvgIpc) is 2.15. The normalized spacial score (nSPS) is 9.37. The van der Waals surface area contributed by atoms with Crippen LogP contribution in [-0.2, 0) is 38.7 Å². The second-order valence-corrected chi connectivity index (χ2v) is 3.08. The van der Waals surface area contributed by atoms with E-state index in [4.69, 9.17) is 25.5 Å². The molecule has 0 fully saturated rings. The van der Waals surface area contributed by atoms with Gasteiger partial charge in [-0.25, -0.2) is 4.79 Å². The Bertz CT molecular complexity index is 327. The van der Waals surface area contributed by atoms with E-state index in [9.17, 15) is 19.2 Å². The molecule has 19 heavy (non-hydrogen) atoms. The number of rotatable bonds is 6. The maximum absolute atomic E-state index is 10.3. The third kappa shape index (κ3) is 12.7. The summed E-state index contributed by atoms with van der Waals surface area (Å²) < 4.78 is 0. The summed E-state index contributed by atoms with van der Waals surface area (Å²) in [5, 5.41) is 41.4. The summed E-state index contributed by atoms with van der Waals surface area (Å²) in [5.41, 5.74) is 1.83. The number of hydrogen-bond donors (Lipinski definition) is 6. The van der Waals surface area contributed by atoms with E-state index in [0.717, 1.165) is 0 Å². The summed E-state index contributed by atoms with van der Waals surface area (Å²) in [6.45, 7) is -0.278. The van der Waals surface area contributed by atoms with Crippen LogP contribution in [0, 0.1) is 0 Å². The van der Waals surface area contributed by atoms with Crippen molar-refractivity contribution in [3.63, 3.8) is 0 Å². The maximum atomic E-state index is 10.3.